The minimum absolute atomic E-state index is 0.118. The van der Waals surface area contributed by atoms with Gasteiger partial charge in [-0.2, -0.15) is 4.59 Å². The molecule has 1 aliphatic rings. The van der Waals surface area contributed by atoms with Crippen LogP contribution in [0.3, 0.4) is 0 Å². The average molecular weight is 325 g/mol. The molecule has 0 saturated heterocycles. The Morgan fingerprint density at radius 3 is 2.79 bits per heavy atom. The van der Waals surface area contributed by atoms with Gasteiger partial charge < -0.3 is 5.11 Å². The molecular weight excluding hydrogens is 312 g/mol. The zero-order valence-corrected chi connectivity index (χ0v) is 12.4. The molecule has 0 saturated carbocycles. The van der Waals surface area contributed by atoms with Gasteiger partial charge in [0.2, 0.25) is 0 Å². The lowest BCUT2D eigenvalue weighted by Gasteiger charge is -2.28. The molecule has 3 N–H and O–H groups in total. The lowest BCUT2D eigenvalue weighted by Crippen LogP contribution is -2.52. The molecule has 0 spiro atoms. The molecule has 1 atom stereocenters. The second-order valence-corrected chi connectivity index (χ2v) is 5.61. The maximum atomic E-state index is 11.2. The lowest BCUT2D eigenvalue weighted by atomic mass is 10.1. The standard InChI is InChI=1S/C16H12N4O4/c21-16(22)12-3-2-11-5-6-20(19-23,15(11)8-12)9-10-1-4-13-14(7-10)18-24-17-13/h1-8,19,23H,9H2/p+1. The highest BCUT2D eigenvalue weighted by atomic mass is 16.6. The third kappa shape index (κ3) is 2.17. The number of carboxylic acid groups (broad SMARTS) is 1. The number of fused-ring (bicyclic) bond motifs is 2. The predicted octanol–water partition coefficient (Wildman–Crippen LogP) is 2.31. The normalized spacial score (nSPS) is 18.9. The van der Waals surface area contributed by atoms with Crippen molar-refractivity contribution >= 4 is 28.8 Å². The number of carbonyl (C=O) groups is 1. The number of hydrogen-bond acceptors (Lipinski definition) is 6. The number of hydrogen-bond donors (Lipinski definition) is 3. The van der Waals surface area contributed by atoms with Gasteiger partial charge in [0.1, 0.15) is 23.8 Å². The summed E-state index contributed by atoms with van der Waals surface area (Å²) in [7, 11) is 0. The van der Waals surface area contributed by atoms with E-state index in [4.69, 9.17) is 4.63 Å². The molecule has 24 heavy (non-hydrogen) atoms. The minimum atomic E-state index is -1.02. The average Bonchev–Trinajstić information content (AvgIpc) is 3.19. The first-order valence-corrected chi connectivity index (χ1v) is 7.19. The lowest BCUT2D eigenvalue weighted by molar-refractivity contribution is 0.0162. The Labute approximate surface area is 135 Å². The molecule has 2 aromatic carbocycles. The predicted molar refractivity (Wildman–Crippen MR) is 84.7 cm³/mol. The fourth-order valence-electron chi connectivity index (χ4n) is 2.93. The topological polar surface area (TPSA) is 108 Å². The largest absolute Gasteiger partial charge is 0.478 e. The fourth-order valence-corrected chi connectivity index (χ4v) is 2.93. The van der Waals surface area contributed by atoms with E-state index in [1.54, 1.807) is 24.4 Å². The number of nitrogens with zero attached hydrogens (tertiary/aromatic N) is 3. The number of aromatic carboxylic acids is 1. The Kier molecular flexibility index (Phi) is 3.17. The number of carboxylic acids is 1. The van der Waals surface area contributed by atoms with Crippen LogP contribution in [0, 0.1) is 0 Å². The molecule has 8 nitrogen and oxygen atoms in total. The van der Waals surface area contributed by atoms with Crippen LogP contribution in [0.5, 0.6) is 0 Å². The molecule has 8 heteroatoms. The van der Waals surface area contributed by atoms with E-state index in [2.05, 4.69) is 15.9 Å². The quantitative estimate of drug-likeness (QED) is 0.499. The third-order valence-corrected chi connectivity index (χ3v) is 4.14. The molecule has 4 rings (SSSR count). The smallest absolute Gasteiger partial charge is 0.335 e. The Morgan fingerprint density at radius 2 is 2.00 bits per heavy atom. The van der Waals surface area contributed by atoms with Crippen molar-refractivity contribution in [3.8, 4) is 0 Å². The van der Waals surface area contributed by atoms with E-state index in [0.29, 0.717) is 23.3 Å². The summed E-state index contributed by atoms with van der Waals surface area (Å²) >= 11 is 0. The van der Waals surface area contributed by atoms with E-state index in [1.165, 1.54) is 6.07 Å². The van der Waals surface area contributed by atoms with Gasteiger partial charge >= 0.3 is 5.97 Å². The van der Waals surface area contributed by atoms with Crippen molar-refractivity contribution in [1.82, 2.24) is 20.5 Å². The van der Waals surface area contributed by atoms with Crippen molar-refractivity contribution in [2.75, 3.05) is 0 Å². The van der Waals surface area contributed by atoms with Crippen LogP contribution in [0.15, 0.2) is 47.2 Å². The van der Waals surface area contributed by atoms with E-state index >= 15 is 0 Å². The van der Waals surface area contributed by atoms with Gasteiger partial charge in [0.25, 0.3) is 0 Å². The van der Waals surface area contributed by atoms with Crippen LogP contribution in [0.25, 0.3) is 17.1 Å². The van der Waals surface area contributed by atoms with Crippen LogP contribution in [0.4, 0.5) is 5.69 Å². The van der Waals surface area contributed by atoms with Crippen molar-refractivity contribution in [1.29, 1.82) is 0 Å². The monoisotopic (exact) mass is 325 g/mol. The third-order valence-electron chi connectivity index (χ3n) is 4.14. The minimum Gasteiger partial charge on any atom is -0.478 e. The summed E-state index contributed by atoms with van der Waals surface area (Å²) in [6.45, 7) is 0.353. The SMILES string of the molecule is O=C(O)c1ccc2c(c1)[N+](Cc1ccc3nonc3c1)(NO)C=C2. The van der Waals surface area contributed by atoms with Crippen LogP contribution < -0.4 is 10.2 Å². The maximum absolute atomic E-state index is 11.2. The molecule has 120 valence electrons. The molecule has 0 amide bonds. The highest BCUT2D eigenvalue weighted by molar-refractivity contribution is 5.90. The summed E-state index contributed by atoms with van der Waals surface area (Å²) in [6.07, 6.45) is 3.60. The highest BCUT2D eigenvalue weighted by Crippen LogP contribution is 2.36. The fraction of sp³-hybridized carbons (Fsp3) is 0.0625. The van der Waals surface area contributed by atoms with Crippen molar-refractivity contribution < 1.29 is 19.7 Å². The van der Waals surface area contributed by atoms with Crippen LogP contribution >= 0.6 is 0 Å². The van der Waals surface area contributed by atoms with Gasteiger partial charge in [-0.15, -0.1) is 0 Å². The van der Waals surface area contributed by atoms with Crippen molar-refractivity contribution in [3.63, 3.8) is 0 Å². The van der Waals surface area contributed by atoms with Crippen molar-refractivity contribution in [2.45, 2.75) is 6.54 Å². The number of rotatable bonds is 4. The second-order valence-electron chi connectivity index (χ2n) is 5.61. The summed E-state index contributed by atoms with van der Waals surface area (Å²) in [5, 5.41) is 26.6. The summed E-state index contributed by atoms with van der Waals surface area (Å²) in [4.78, 5) is 11.2. The summed E-state index contributed by atoms with van der Waals surface area (Å²) in [5.74, 6) is -1.02. The second kappa shape index (κ2) is 5.24. The van der Waals surface area contributed by atoms with Crippen LogP contribution in [-0.4, -0.2) is 26.6 Å². The first kappa shape index (κ1) is 14.5. The van der Waals surface area contributed by atoms with E-state index in [-0.39, 0.29) is 10.2 Å². The molecule has 3 aromatic rings. The summed E-state index contributed by atoms with van der Waals surface area (Å²) < 4.78 is 4.57. The number of aromatic nitrogens is 2. The maximum Gasteiger partial charge on any atom is 0.335 e. The Balaban J connectivity index is 1.77. The van der Waals surface area contributed by atoms with Gasteiger partial charge in [-0.1, -0.05) is 6.07 Å². The summed E-state index contributed by atoms with van der Waals surface area (Å²) in [6, 6.07) is 10.3. The molecular formula is C16H13N4O4+. The van der Waals surface area contributed by atoms with E-state index in [0.717, 1.165) is 11.1 Å². The zero-order valence-electron chi connectivity index (χ0n) is 12.4. The molecule has 0 fully saturated rings. The first-order valence-electron chi connectivity index (χ1n) is 7.19. The first-order chi connectivity index (χ1) is 11.6. The molecule has 0 bridgehead atoms. The molecule has 1 aliphatic heterocycles. The van der Waals surface area contributed by atoms with Gasteiger partial charge in [0, 0.05) is 23.3 Å². The van der Waals surface area contributed by atoms with Gasteiger partial charge in [-0.3, -0.25) is 5.21 Å². The number of benzene rings is 2. The number of quaternary nitrogens is 1. The van der Waals surface area contributed by atoms with Crippen LogP contribution in [-0.2, 0) is 6.54 Å². The van der Waals surface area contributed by atoms with Gasteiger partial charge in [0.05, 0.1) is 5.56 Å². The number of nitrogens with one attached hydrogen (secondary N) is 1. The van der Waals surface area contributed by atoms with E-state index in [1.807, 2.05) is 18.2 Å². The van der Waals surface area contributed by atoms with E-state index < -0.39 is 5.97 Å². The highest BCUT2D eigenvalue weighted by Gasteiger charge is 2.36. The molecule has 1 aromatic heterocycles. The Morgan fingerprint density at radius 1 is 1.17 bits per heavy atom. The van der Waals surface area contributed by atoms with Crippen molar-refractivity contribution in [3.05, 3.63) is 59.3 Å². The van der Waals surface area contributed by atoms with Crippen LogP contribution in [0.2, 0.25) is 0 Å². The van der Waals surface area contributed by atoms with Gasteiger partial charge in [0.15, 0.2) is 5.69 Å². The van der Waals surface area contributed by atoms with E-state index in [9.17, 15) is 15.1 Å². The zero-order chi connectivity index (χ0) is 16.7. The molecule has 0 radical (unpaired) electrons. The molecule has 2 heterocycles. The van der Waals surface area contributed by atoms with Crippen LogP contribution in [0.1, 0.15) is 21.5 Å². The molecule has 1 unspecified atom stereocenters. The molecule has 0 aliphatic carbocycles. The van der Waals surface area contributed by atoms with Gasteiger partial charge in [-0.25, -0.2) is 9.42 Å². The Hall–Kier alpha value is -3.07. The van der Waals surface area contributed by atoms with Crippen molar-refractivity contribution in [2.24, 2.45) is 0 Å². The summed E-state index contributed by atoms with van der Waals surface area (Å²) in [5.41, 5.74) is 6.07. The Bertz CT molecular complexity index is 981. The van der Waals surface area contributed by atoms with Gasteiger partial charge in [-0.05, 0) is 40.2 Å².